The molecule has 2 fully saturated rings. The molecule has 0 bridgehead atoms. The van der Waals surface area contributed by atoms with Crippen molar-refractivity contribution in [3.8, 4) is 0 Å². The zero-order valence-electron chi connectivity index (χ0n) is 9.82. The summed E-state index contributed by atoms with van der Waals surface area (Å²) >= 11 is 0. The molecule has 0 aromatic rings. The lowest BCUT2D eigenvalue weighted by Crippen LogP contribution is -2.42. The Labute approximate surface area is 93.0 Å². The van der Waals surface area contributed by atoms with E-state index in [2.05, 4.69) is 11.8 Å². The van der Waals surface area contributed by atoms with Crippen LogP contribution in [0.15, 0.2) is 0 Å². The fraction of sp³-hybridized carbons (Fsp3) is 0.923. The van der Waals surface area contributed by atoms with E-state index < -0.39 is 0 Å². The summed E-state index contributed by atoms with van der Waals surface area (Å²) in [6.07, 6.45) is 8.64. The number of hydrogen-bond donors (Lipinski definition) is 0. The maximum atomic E-state index is 10.7. The Morgan fingerprint density at radius 2 is 1.60 bits per heavy atom. The second-order valence-electron chi connectivity index (χ2n) is 5.42. The van der Waals surface area contributed by atoms with Gasteiger partial charge in [-0.15, -0.1) is 0 Å². The Hall–Kier alpha value is -0.370. The molecule has 0 spiro atoms. The SMILES string of the molecule is CC1CCN(C2CCC(C=O)CC2)CC1. The molecule has 2 nitrogen and oxygen atoms in total. The lowest BCUT2D eigenvalue weighted by Gasteiger charge is -2.39. The number of rotatable bonds is 2. The van der Waals surface area contributed by atoms with Gasteiger partial charge in [0.15, 0.2) is 0 Å². The van der Waals surface area contributed by atoms with Gasteiger partial charge in [0.1, 0.15) is 6.29 Å². The van der Waals surface area contributed by atoms with Crippen molar-refractivity contribution in [1.29, 1.82) is 0 Å². The molecule has 1 aliphatic carbocycles. The van der Waals surface area contributed by atoms with Crippen molar-refractivity contribution < 1.29 is 4.79 Å². The summed E-state index contributed by atoms with van der Waals surface area (Å²) in [6, 6.07) is 0.786. The largest absolute Gasteiger partial charge is 0.303 e. The minimum absolute atomic E-state index is 0.366. The van der Waals surface area contributed by atoms with Crippen LogP contribution in [0.4, 0.5) is 0 Å². The number of piperidine rings is 1. The molecule has 1 heterocycles. The average Bonchev–Trinajstić information content (AvgIpc) is 2.30. The topological polar surface area (TPSA) is 20.3 Å². The molecule has 0 radical (unpaired) electrons. The molecular weight excluding hydrogens is 186 g/mol. The van der Waals surface area contributed by atoms with Gasteiger partial charge in [0.2, 0.25) is 0 Å². The number of hydrogen-bond acceptors (Lipinski definition) is 2. The highest BCUT2D eigenvalue weighted by molar-refractivity contribution is 5.53. The van der Waals surface area contributed by atoms with Crippen LogP contribution >= 0.6 is 0 Å². The summed E-state index contributed by atoms with van der Waals surface area (Å²) in [5, 5.41) is 0. The minimum Gasteiger partial charge on any atom is -0.303 e. The maximum absolute atomic E-state index is 10.7. The normalized spacial score (nSPS) is 35.3. The van der Waals surface area contributed by atoms with Gasteiger partial charge >= 0.3 is 0 Å². The summed E-state index contributed by atoms with van der Waals surface area (Å²) < 4.78 is 0. The Morgan fingerprint density at radius 3 is 2.13 bits per heavy atom. The van der Waals surface area contributed by atoms with E-state index in [0.717, 1.165) is 31.1 Å². The second kappa shape index (κ2) is 5.11. The third-order valence-electron chi connectivity index (χ3n) is 4.27. The molecule has 0 atom stereocenters. The van der Waals surface area contributed by atoms with Crippen LogP contribution in [0.3, 0.4) is 0 Å². The van der Waals surface area contributed by atoms with Crippen LogP contribution in [0.25, 0.3) is 0 Å². The molecular formula is C13H23NO. The summed E-state index contributed by atoms with van der Waals surface area (Å²) in [5.74, 6) is 1.29. The van der Waals surface area contributed by atoms with Gasteiger partial charge in [-0.2, -0.15) is 0 Å². The average molecular weight is 209 g/mol. The Kier molecular flexibility index (Phi) is 3.79. The van der Waals surface area contributed by atoms with Crippen LogP contribution in [-0.4, -0.2) is 30.3 Å². The van der Waals surface area contributed by atoms with Crippen molar-refractivity contribution in [3.05, 3.63) is 0 Å². The fourth-order valence-electron chi connectivity index (χ4n) is 3.00. The predicted octanol–water partition coefficient (Wildman–Crippen LogP) is 2.48. The van der Waals surface area contributed by atoms with Crippen LogP contribution in [0.2, 0.25) is 0 Å². The molecule has 2 heteroatoms. The Morgan fingerprint density at radius 1 is 1.00 bits per heavy atom. The van der Waals surface area contributed by atoms with E-state index in [0.29, 0.717) is 5.92 Å². The van der Waals surface area contributed by atoms with Crippen molar-refractivity contribution in [1.82, 2.24) is 4.90 Å². The van der Waals surface area contributed by atoms with Crippen LogP contribution in [0, 0.1) is 11.8 Å². The van der Waals surface area contributed by atoms with Gasteiger partial charge in [-0.3, -0.25) is 0 Å². The molecule has 2 aliphatic rings. The molecule has 1 saturated heterocycles. The number of carbonyl (C=O) groups excluding carboxylic acids is 1. The number of aldehydes is 1. The van der Waals surface area contributed by atoms with Gasteiger partial charge in [-0.25, -0.2) is 0 Å². The van der Waals surface area contributed by atoms with E-state index >= 15 is 0 Å². The van der Waals surface area contributed by atoms with E-state index in [-0.39, 0.29) is 0 Å². The first-order valence-corrected chi connectivity index (χ1v) is 6.49. The third-order valence-corrected chi connectivity index (χ3v) is 4.27. The van der Waals surface area contributed by atoms with Crippen molar-refractivity contribution >= 4 is 6.29 Å². The first-order valence-electron chi connectivity index (χ1n) is 6.49. The maximum Gasteiger partial charge on any atom is 0.123 e. The zero-order chi connectivity index (χ0) is 10.7. The summed E-state index contributed by atoms with van der Waals surface area (Å²) in [4.78, 5) is 13.3. The van der Waals surface area contributed by atoms with Crippen LogP contribution in [-0.2, 0) is 4.79 Å². The second-order valence-corrected chi connectivity index (χ2v) is 5.42. The molecule has 0 unspecified atom stereocenters. The van der Waals surface area contributed by atoms with Gasteiger partial charge in [0.25, 0.3) is 0 Å². The molecule has 15 heavy (non-hydrogen) atoms. The fourth-order valence-corrected chi connectivity index (χ4v) is 3.00. The Bertz CT molecular complexity index is 201. The highest BCUT2D eigenvalue weighted by atomic mass is 16.1. The van der Waals surface area contributed by atoms with E-state index in [9.17, 15) is 4.79 Å². The van der Waals surface area contributed by atoms with E-state index in [4.69, 9.17) is 0 Å². The third kappa shape index (κ3) is 2.81. The monoisotopic (exact) mass is 209 g/mol. The quantitative estimate of drug-likeness (QED) is 0.651. The molecule has 0 aromatic heterocycles. The minimum atomic E-state index is 0.366. The molecule has 0 amide bonds. The standard InChI is InChI=1S/C13H23NO/c1-11-6-8-14(9-7-11)13-4-2-12(10-15)3-5-13/h10-13H,2-9H2,1H3. The van der Waals surface area contributed by atoms with Crippen molar-refractivity contribution in [2.75, 3.05) is 13.1 Å². The zero-order valence-corrected chi connectivity index (χ0v) is 9.82. The van der Waals surface area contributed by atoms with Crippen molar-refractivity contribution in [3.63, 3.8) is 0 Å². The summed E-state index contributed by atoms with van der Waals surface area (Å²) in [6.45, 7) is 4.94. The van der Waals surface area contributed by atoms with Crippen LogP contribution in [0.1, 0.15) is 45.4 Å². The van der Waals surface area contributed by atoms with Crippen molar-refractivity contribution in [2.45, 2.75) is 51.5 Å². The number of likely N-dealkylation sites (tertiary alicyclic amines) is 1. The van der Waals surface area contributed by atoms with Gasteiger partial charge in [-0.05, 0) is 57.5 Å². The molecule has 86 valence electrons. The van der Waals surface area contributed by atoms with Gasteiger partial charge in [0.05, 0.1) is 0 Å². The van der Waals surface area contributed by atoms with Crippen molar-refractivity contribution in [2.24, 2.45) is 11.8 Å². The number of carbonyl (C=O) groups is 1. The first kappa shape index (κ1) is 11.1. The van der Waals surface area contributed by atoms with Gasteiger partial charge < -0.3 is 9.69 Å². The molecule has 1 saturated carbocycles. The highest BCUT2D eigenvalue weighted by Gasteiger charge is 2.27. The molecule has 0 aromatic carbocycles. The van der Waals surface area contributed by atoms with Crippen LogP contribution < -0.4 is 0 Å². The van der Waals surface area contributed by atoms with Gasteiger partial charge in [-0.1, -0.05) is 6.92 Å². The predicted molar refractivity (Wildman–Crippen MR) is 61.8 cm³/mol. The summed E-state index contributed by atoms with van der Waals surface area (Å²) in [5.41, 5.74) is 0. The number of nitrogens with zero attached hydrogens (tertiary/aromatic N) is 1. The lowest BCUT2D eigenvalue weighted by atomic mass is 9.85. The summed E-state index contributed by atoms with van der Waals surface area (Å²) in [7, 11) is 0. The first-order chi connectivity index (χ1) is 7.29. The highest BCUT2D eigenvalue weighted by Crippen LogP contribution is 2.29. The van der Waals surface area contributed by atoms with Crippen LogP contribution in [0.5, 0.6) is 0 Å². The van der Waals surface area contributed by atoms with E-state index in [1.807, 2.05) is 0 Å². The van der Waals surface area contributed by atoms with Gasteiger partial charge in [0, 0.05) is 12.0 Å². The smallest absolute Gasteiger partial charge is 0.123 e. The lowest BCUT2D eigenvalue weighted by molar-refractivity contribution is -0.112. The molecule has 0 N–H and O–H groups in total. The Balaban J connectivity index is 1.78. The van der Waals surface area contributed by atoms with E-state index in [1.54, 1.807) is 0 Å². The van der Waals surface area contributed by atoms with E-state index in [1.165, 1.54) is 38.8 Å². The molecule has 2 rings (SSSR count). The molecule has 1 aliphatic heterocycles.